The van der Waals surface area contributed by atoms with E-state index < -0.39 is 5.54 Å². The lowest BCUT2D eigenvalue weighted by atomic mass is 10.1. The molecule has 2 N–H and O–H groups in total. The molecule has 0 bridgehead atoms. The maximum absolute atomic E-state index is 11.6. The molecule has 1 amide bonds. The van der Waals surface area contributed by atoms with Crippen molar-refractivity contribution in [3.63, 3.8) is 0 Å². The highest BCUT2D eigenvalue weighted by molar-refractivity contribution is 5.93. The molecule has 5 heteroatoms. The van der Waals surface area contributed by atoms with Gasteiger partial charge in [-0.25, -0.2) is 4.98 Å². The van der Waals surface area contributed by atoms with Gasteiger partial charge in [-0.15, -0.1) is 0 Å². The van der Waals surface area contributed by atoms with Crippen molar-refractivity contribution in [1.29, 1.82) is 0 Å². The van der Waals surface area contributed by atoms with E-state index in [1.807, 2.05) is 13.8 Å². The first kappa shape index (κ1) is 13.4. The summed E-state index contributed by atoms with van der Waals surface area (Å²) >= 11 is 0. The van der Waals surface area contributed by atoms with Crippen LogP contribution in [0.15, 0.2) is 18.3 Å². The van der Waals surface area contributed by atoms with Gasteiger partial charge < -0.3 is 15.4 Å². The molecule has 0 aliphatic heterocycles. The molecule has 0 spiro atoms. The van der Waals surface area contributed by atoms with Crippen molar-refractivity contribution >= 4 is 5.91 Å². The largest absolute Gasteiger partial charge is 0.476 e. The van der Waals surface area contributed by atoms with Crippen LogP contribution in [0.25, 0.3) is 0 Å². The van der Waals surface area contributed by atoms with Gasteiger partial charge in [-0.1, -0.05) is 0 Å². The minimum atomic E-state index is -0.403. The second-order valence-corrected chi connectivity index (χ2v) is 4.86. The first-order valence-corrected chi connectivity index (χ1v) is 5.39. The van der Waals surface area contributed by atoms with Gasteiger partial charge in [0.1, 0.15) is 6.61 Å². The highest BCUT2D eigenvalue weighted by Gasteiger charge is 2.12. The fourth-order valence-corrected chi connectivity index (χ4v) is 1.11. The standard InChI is InChI=1S/C12H19N3O2/c1-12(2,13)8-17-10-6-5-9(7-14-10)11(16)15(3)4/h5-7H,8,13H2,1-4H3. The normalized spacial score (nSPS) is 11.1. The number of pyridine rings is 1. The summed E-state index contributed by atoms with van der Waals surface area (Å²) in [5, 5.41) is 0. The van der Waals surface area contributed by atoms with Gasteiger partial charge in [0.25, 0.3) is 5.91 Å². The van der Waals surface area contributed by atoms with Crippen LogP contribution in [0.3, 0.4) is 0 Å². The van der Waals surface area contributed by atoms with Crippen LogP contribution in [-0.2, 0) is 0 Å². The van der Waals surface area contributed by atoms with E-state index in [-0.39, 0.29) is 5.91 Å². The molecule has 0 fully saturated rings. The fourth-order valence-electron chi connectivity index (χ4n) is 1.11. The smallest absolute Gasteiger partial charge is 0.254 e. The topological polar surface area (TPSA) is 68.5 Å². The van der Waals surface area contributed by atoms with E-state index >= 15 is 0 Å². The third-order valence-corrected chi connectivity index (χ3v) is 1.98. The average Bonchev–Trinajstić information content (AvgIpc) is 2.25. The number of ether oxygens (including phenoxy) is 1. The van der Waals surface area contributed by atoms with Gasteiger partial charge in [0, 0.05) is 31.9 Å². The van der Waals surface area contributed by atoms with Crippen molar-refractivity contribution in [3.05, 3.63) is 23.9 Å². The number of hydrogen-bond acceptors (Lipinski definition) is 4. The van der Waals surface area contributed by atoms with Gasteiger partial charge in [0.15, 0.2) is 0 Å². The predicted octanol–water partition coefficient (Wildman–Crippen LogP) is 0.899. The van der Waals surface area contributed by atoms with E-state index in [9.17, 15) is 4.79 Å². The summed E-state index contributed by atoms with van der Waals surface area (Å²) in [4.78, 5) is 17.2. The molecule has 0 saturated carbocycles. The zero-order valence-corrected chi connectivity index (χ0v) is 10.7. The Hall–Kier alpha value is -1.62. The monoisotopic (exact) mass is 237 g/mol. The molecule has 0 saturated heterocycles. The van der Waals surface area contributed by atoms with Gasteiger partial charge in [0.2, 0.25) is 5.88 Å². The fraction of sp³-hybridized carbons (Fsp3) is 0.500. The van der Waals surface area contributed by atoms with E-state index in [2.05, 4.69) is 4.98 Å². The van der Waals surface area contributed by atoms with Crippen LogP contribution < -0.4 is 10.5 Å². The maximum Gasteiger partial charge on any atom is 0.254 e. The Kier molecular flexibility index (Phi) is 4.07. The van der Waals surface area contributed by atoms with Gasteiger partial charge in [-0.3, -0.25) is 4.79 Å². The van der Waals surface area contributed by atoms with E-state index in [0.717, 1.165) is 0 Å². The lowest BCUT2D eigenvalue weighted by Gasteiger charge is -2.18. The Labute approximate surface area is 102 Å². The molecular formula is C12H19N3O2. The Bertz CT molecular complexity index is 380. The lowest BCUT2D eigenvalue weighted by molar-refractivity contribution is 0.0827. The first-order valence-electron chi connectivity index (χ1n) is 5.39. The third kappa shape index (κ3) is 4.40. The summed E-state index contributed by atoms with van der Waals surface area (Å²) in [6.45, 7) is 4.12. The van der Waals surface area contributed by atoms with Gasteiger partial charge >= 0.3 is 0 Å². The van der Waals surface area contributed by atoms with E-state index in [1.165, 1.54) is 11.1 Å². The van der Waals surface area contributed by atoms with E-state index in [4.69, 9.17) is 10.5 Å². The summed E-state index contributed by atoms with van der Waals surface area (Å²) in [5.74, 6) is 0.391. The average molecular weight is 237 g/mol. The Morgan fingerprint density at radius 1 is 1.47 bits per heavy atom. The number of rotatable bonds is 4. The van der Waals surface area contributed by atoms with Crippen LogP contribution in [0.1, 0.15) is 24.2 Å². The number of carbonyl (C=O) groups is 1. The van der Waals surface area contributed by atoms with Crippen molar-refractivity contribution in [2.75, 3.05) is 20.7 Å². The molecule has 1 aromatic heterocycles. The Morgan fingerprint density at radius 3 is 2.53 bits per heavy atom. The molecule has 1 heterocycles. The maximum atomic E-state index is 11.6. The number of aromatic nitrogens is 1. The molecule has 17 heavy (non-hydrogen) atoms. The lowest BCUT2D eigenvalue weighted by Crippen LogP contribution is -2.38. The summed E-state index contributed by atoms with van der Waals surface area (Å²) in [7, 11) is 3.40. The minimum absolute atomic E-state index is 0.0804. The number of hydrogen-bond donors (Lipinski definition) is 1. The van der Waals surface area contributed by atoms with E-state index in [1.54, 1.807) is 26.2 Å². The van der Waals surface area contributed by atoms with Crippen molar-refractivity contribution in [2.24, 2.45) is 5.73 Å². The van der Waals surface area contributed by atoms with Crippen molar-refractivity contribution < 1.29 is 9.53 Å². The SMILES string of the molecule is CN(C)C(=O)c1ccc(OCC(C)(C)N)nc1. The van der Waals surface area contributed by atoms with Crippen LogP contribution in [0.4, 0.5) is 0 Å². The minimum Gasteiger partial charge on any atom is -0.476 e. The molecule has 0 aromatic carbocycles. The second-order valence-electron chi connectivity index (χ2n) is 4.86. The third-order valence-electron chi connectivity index (χ3n) is 1.98. The zero-order valence-electron chi connectivity index (χ0n) is 10.7. The van der Waals surface area contributed by atoms with Gasteiger partial charge in [0.05, 0.1) is 5.56 Å². The second kappa shape index (κ2) is 5.14. The quantitative estimate of drug-likeness (QED) is 0.844. The van der Waals surface area contributed by atoms with E-state index in [0.29, 0.717) is 18.1 Å². The molecule has 0 aliphatic rings. The predicted molar refractivity (Wildman–Crippen MR) is 66.0 cm³/mol. The molecule has 0 atom stereocenters. The van der Waals surface area contributed by atoms with Crippen molar-refractivity contribution in [2.45, 2.75) is 19.4 Å². The zero-order chi connectivity index (χ0) is 13.1. The Balaban J connectivity index is 2.66. The summed E-state index contributed by atoms with van der Waals surface area (Å²) in [5.41, 5.74) is 5.92. The van der Waals surface area contributed by atoms with Crippen LogP contribution in [0.5, 0.6) is 5.88 Å². The molecular weight excluding hydrogens is 218 g/mol. The van der Waals surface area contributed by atoms with Crippen molar-refractivity contribution in [3.8, 4) is 5.88 Å². The highest BCUT2D eigenvalue weighted by Crippen LogP contribution is 2.10. The number of nitrogens with zero attached hydrogens (tertiary/aromatic N) is 2. The first-order chi connectivity index (χ1) is 7.79. The van der Waals surface area contributed by atoms with Crippen molar-refractivity contribution in [1.82, 2.24) is 9.88 Å². The molecule has 5 nitrogen and oxygen atoms in total. The number of nitrogens with two attached hydrogens (primary N) is 1. The van der Waals surface area contributed by atoms with Gasteiger partial charge in [-0.05, 0) is 19.9 Å². The van der Waals surface area contributed by atoms with Crippen LogP contribution in [0, 0.1) is 0 Å². The number of amides is 1. The molecule has 1 rings (SSSR count). The molecule has 0 radical (unpaired) electrons. The summed E-state index contributed by atoms with van der Waals surface area (Å²) < 4.78 is 5.40. The molecule has 0 aliphatic carbocycles. The van der Waals surface area contributed by atoms with Gasteiger partial charge in [-0.2, -0.15) is 0 Å². The van der Waals surface area contributed by atoms with Crippen LogP contribution >= 0.6 is 0 Å². The molecule has 94 valence electrons. The Morgan fingerprint density at radius 2 is 2.12 bits per heavy atom. The summed E-state index contributed by atoms with van der Waals surface area (Å²) in [6.07, 6.45) is 1.50. The van der Waals surface area contributed by atoms with Crippen LogP contribution in [0.2, 0.25) is 0 Å². The highest BCUT2D eigenvalue weighted by atomic mass is 16.5. The van der Waals surface area contributed by atoms with Crippen LogP contribution in [-0.4, -0.2) is 42.0 Å². The summed E-state index contributed by atoms with van der Waals surface area (Å²) in [6, 6.07) is 3.36. The number of carbonyl (C=O) groups excluding carboxylic acids is 1. The molecule has 0 unspecified atom stereocenters. The molecule has 1 aromatic rings.